The molecule has 6 heteroatoms. The Bertz CT molecular complexity index is 366. The molecule has 2 aliphatic heterocycles. The highest BCUT2D eigenvalue weighted by atomic mass is 32.2. The quantitative estimate of drug-likeness (QED) is 0.841. The number of nitrogens with zero attached hydrogens (tertiary/aromatic N) is 1. The van der Waals surface area contributed by atoms with Gasteiger partial charge in [-0.1, -0.05) is 6.42 Å². The zero-order valence-corrected chi connectivity index (χ0v) is 12.1. The molecule has 18 heavy (non-hydrogen) atoms. The van der Waals surface area contributed by atoms with Gasteiger partial charge in [0.05, 0.1) is 6.10 Å². The van der Waals surface area contributed by atoms with Crippen molar-refractivity contribution in [1.29, 1.82) is 0 Å². The predicted molar refractivity (Wildman–Crippen MR) is 70.5 cm³/mol. The summed E-state index contributed by atoms with van der Waals surface area (Å²) in [4.78, 5) is 0. The minimum atomic E-state index is -3.37. The van der Waals surface area contributed by atoms with E-state index in [2.05, 4.69) is 4.72 Å². The maximum atomic E-state index is 12.3. The summed E-state index contributed by atoms with van der Waals surface area (Å²) in [6, 6.07) is -0.0421. The van der Waals surface area contributed by atoms with Crippen LogP contribution < -0.4 is 4.72 Å². The Labute approximate surface area is 110 Å². The smallest absolute Gasteiger partial charge is 0.280 e. The van der Waals surface area contributed by atoms with Gasteiger partial charge in [-0.3, -0.25) is 0 Å². The third-order valence-electron chi connectivity index (χ3n) is 3.91. The summed E-state index contributed by atoms with van der Waals surface area (Å²) in [5.74, 6) is 0. The first-order valence-electron chi connectivity index (χ1n) is 6.91. The third-order valence-corrected chi connectivity index (χ3v) is 5.74. The second-order valence-electron chi connectivity index (χ2n) is 5.42. The number of rotatable bonds is 4. The first-order chi connectivity index (χ1) is 8.50. The van der Waals surface area contributed by atoms with Crippen LogP contribution >= 0.6 is 0 Å². The molecule has 2 rings (SSSR count). The molecule has 3 atom stereocenters. The number of nitrogens with one attached hydrogen (secondary N) is 1. The number of piperidine rings is 1. The van der Waals surface area contributed by atoms with E-state index in [9.17, 15) is 8.42 Å². The van der Waals surface area contributed by atoms with Gasteiger partial charge in [-0.2, -0.15) is 17.4 Å². The average molecular weight is 276 g/mol. The number of hydrogen-bond acceptors (Lipinski definition) is 3. The van der Waals surface area contributed by atoms with Crippen LogP contribution in [0.15, 0.2) is 0 Å². The van der Waals surface area contributed by atoms with Crippen molar-refractivity contribution in [2.24, 2.45) is 0 Å². The standard InChI is InChI=1S/C12H24N2O3S/c1-10-6-3-4-8-14(10)18(15,16)13-11(2)12-7-5-9-17-12/h10-13H,3-9H2,1-2H3/t10-,11-,12-/m0/s1. The lowest BCUT2D eigenvalue weighted by atomic mass is 10.1. The van der Waals surface area contributed by atoms with Crippen LogP contribution in [0.2, 0.25) is 0 Å². The predicted octanol–water partition coefficient (Wildman–Crippen LogP) is 1.26. The lowest BCUT2D eigenvalue weighted by Crippen LogP contribution is -2.52. The van der Waals surface area contributed by atoms with Crippen LogP contribution in [-0.2, 0) is 14.9 Å². The molecule has 0 radical (unpaired) electrons. The molecule has 0 aromatic carbocycles. The van der Waals surface area contributed by atoms with Gasteiger partial charge in [0.15, 0.2) is 0 Å². The second kappa shape index (κ2) is 5.86. The zero-order valence-electron chi connectivity index (χ0n) is 11.3. The van der Waals surface area contributed by atoms with E-state index in [-0.39, 0.29) is 18.2 Å². The van der Waals surface area contributed by atoms with Gasteiger partial charge in [0.25, 0.3) is 10.2 Å². The van der Waals surface area contributed by atoms with Crippen LogP contribution in [0.25, 0.3) is 0 Å². The van der Waals surface area contributed by atoms with Crippen molar-refractivity contribution in [3.8, 4) is 0 Å². The molecule has 0 spiro atoms. The maximum Gasteiger partial charge on any atom is 0.280 e. The minimum absolute atomic E-state index is 0.0277. The van der Waals surface area contributed by atoms with E-state index in [1.54, 1.807) is 4.31 Å². The summed E-state index contributed by atoms with van der Waals surface area (Å²) in [5, 5.41) is 0. The van der Waals surface area contributed by atoms with Crippen molar-refractivity contribution in [3.63, 3.8) is 0 Å². The SMILES string of the molecule is C[C@H](NS(=O)(=O)N1CCCC[C@@H]1C)[C@@H]1CCCO1. The highest BCUT2D eigenvalue weighted by Gasteiger charge is 2.33. The van der Waals surface area contributed by atoms with E-state index in [4.69, 9.17) is 4.74 Å². The largest absolute Gasteiger partial charge is 0.377 e. The molecular weight excluding hydrogens is 252 g/mol. The molecule has 2 saturated heterocycles. The van der Waals surface area contributed by atoms with E-state index in [1.807, 2.05) is 13.8 Å². The summed E-state index contributed by atoms with van der Waals surface area (Å²) < 4.78 is 34.5. The lowest BCUT2D eigenvalue weighted by molar-refractivity contribution is 0.0892. The first-order valence-corrected chi connectivity index (χ1v) is 8.35. The van der Waals surface area contributed by atoms with Gasteiger partial charge >= 0.3 is 0 Å². The van der Waals surface area contributed by atoms with E-state index in [0.717, 1.165) is 38.7 Å². The molecule has 106 valence electrons. The molecule has 1 N–H and O–H groups in total. The van der Waals surface area contributed by atoms with Crippen LogP contribution in [-0.4, -0.2) is 44.1 Å². The Morgan fingerprint density at radius 2 is 2.06 bits per heavy atom. The molecule has 0 aromatic heterocycles. The fraction of sp³-hybridized carbons (Fsp3) is 1.00. The van der Waals surface area contributed by atoms with Crippen molar-refractivity contribution in [3.05, 3.63) is 0 Å². The van der Waals surface area contributed by atoms with Crippen molar-refractivity contribution >= 4 is 10.2 Å². The minimum Gasteiger partial charge on any atom is -0.377 e. The lowest BCUT2D eigenvalue weighted by Gasteiger charge is -2.33. The summed E-state index contributed by atoms with van der Waals surface area (Å²) in [7, 11) is -3.37. The van der Waals surface area contributed by atoms with E-state index < -0.39 is 10.2 Å². The Kier molecular flexibility index (Phi) is 4.64. The van der Waals surface area contributed by atoms with Gasteiger partial charge in [0, 0.05) is 25.2 Å². The molecule has 5 nitrogen and oxygen atoms in total. The monoisotopic (exact) mass is 276 g/mol. The van der Waals surface area contributed by atoms with Gasteiger partial charge < -0.3 is 4.74 Å². The van der Waals surface area contributed by atoms with Gasteiger partial charge in [-0.05, 0) is 39.5 Å². The Morgan fingerprint density at radius 1 is 1.28 bits per heavy atom. The maximum absolute atomic E-state index is 12.3. The molecule has 0 unspecified atom stereocenters. The summed E-state index contributed by atoms with van der Waals surface area (Å²) in [5.41, 5.74) is 0. The van der Waals surface area contributed by atoms with Crippen molar-refractivity contribution in [2.45, 2.75) is 64.1 Å². The average Bonchev–Trinajstić information content (AvgIpc) is 2.82. The van der Waals surface area contributed by atoms with Crippen LogP contribution in [0.3, 0.4) is 0 Å². The summed E-state index contributed by atoms with van der Waals surface area (Å²) >= 11 is 0. The third kappa shape index (κ3) is 3.23. The Hall–Kier alpha value is -0.170. The number of ether oxygens (including phenoxy) is 1. The molecule has 0 amide bonds. The van der Waals surface area contributed by atoms with Crippen molar-refractivity contribution in [2.75, 3.05) is 13.2 Å². The number of hydrogen-bond donors (Lipinski definition) is 1. The molecule has 0 bridgehead atoms. The van der Waals surface area contributed by atoms with Gasteiger partial charge in [-0.25, -0.2) is 0 Å². The highest BCUT2D eigenvalue weighted by Crippen LogP contribution is 2.21. The first kappa shape index (κ1) is 14.2. The van der Waals surface area contributed by atoms with Gasteiger partial charge in [0.2, 0.25) is 0 Å². The normalized spacial score (nSPS) is 32.6. The Balaban J connectivity index is 1.97. The molecule has 2 fully saturated rings. The van der Waals surface area contributed by atoms with E-state index >= 15 is 0 Å². The van der Waals surface area contributed by atoms with Crippen LogP contribution in [0, 0.1) is 0 Å². The van der Waals surface area contributed by atoms with E-state index in [1.165, 1.54) is 0 Å². The van der Waals surface area contributed by atoms with Gasteiger partial charge in [-0.15, -0.1) is 0 Å². The zero-order chi connectivity index (χ0) is 13.2. The van der Waals surface area contributed by atoms with E-state index in [0.29, 0.717) is 6.54 Å². The van der Waals surface area contributed by atoms with Crippen molar-refractivity contribution in [1.82, 2.24) is 9.03 Å². The molecule has 0 aromatic rings. The highest BCUT2D eigenvalue weighted by molar-refractivity contribution is 7.87. The molecule has 2 aliphatic rings. The van der Waals surface area contributed by atoms with Crippen LogP contribution in [0.1, 0.15) is 46.0 Å². The summed E-state index contributed by atoms with van der Waals surface area (Å²) in [6.45, 7) is 5.25. The molecule has 0 saturated carbocycles. The summed E-state index contributed by atoms with van der Waals surface area (Å²) in [6.07, 6.45) is 5.03. The fourth-order valence-corrected chi connectivity index (χ4v) is 4.51. The molecule has 2 heterocycles. The topological polar surface area (TPSA) is 58.6 Å². The Morgan fingerprint density at radius 3 is 2.67 bits per heavy atom. The fourth-order valence-electron chi connectivity index (χ4n) is 2.80. The van der Waals surface area contributed by atoms with Crippen LogP contribution in [0.4, 0.5) is 0 Å². The van der Waals surface area contributed by atoms with Crippen molar-refractivity contribution < 1.29 is 13.2 Å². The molecular formula is C12H24N2O3S. The second-order valence-corrected chi connectivity index (χ2v) is 7.07. The van der Waals surface area contributed by atoms with Crippen LogP contribution in [0.5, 0.6) is 0 Å². The molecule has 0 aliphatic carbocycles. The van der Waals surface area contributed by atoms with Gasteiger partial charge in [0.1, 0.15) is 0 Å².